The summed E-state index contributed by atoms with van der Waals surface area (Å²) in [6, 6.07) is 1.92. The SMILES string of the molecule is O=C(C(Cl)c1cc(Br)cs1)N1CCCCC1. The van der Waals surface area contributed by atoms with Crippen LogP contribution in [0.4, 0.5) is 0 Å². The Kier molecular flexibility index (Phi) is 4.27. The molecule has 2 rings (SSSR count). The van der Waals surface area contributed by atoms with Gasteiger partial charge in [0.05, 0.1) is 0 Å². The van der Waals surface area contributed by atoms with Crippen molar-refractivity contribution in [2.75, 3.05) is 13.1 Å². The first-order valence-electron chi connectivity index (χ1n) is 5.35. The molecule has 16 heavy (non-hydrogen) atoms. The molecular formula is C11H13BrClNOS. The van der Waals surface area contributed by atoms with Gasteiger partial charge in [0.25, 0.3) is 0 Å². The van der Waals surface area contributed by atoms with E-state index in [0.717, 1.165) is 35.3 Å². The summed E-state index contributed by atoms with van der Waals surface area (Å²) < 4.78 is 0.990. The Bertz CT molecular complexity index is 376. The molecule has 1 fully saturated rings. The van der Waals surface area contributed by atoms with Crippen molar-refractivity contribution in [2.45, 2.75) is 24.6 Å². The van der Waals surface area contributed by atoms with E-state index in [0.29, 0.717) is 0 Å². The van der Waals surface area contributed by atoms with E-state index in [-0.39, 0.29) is 5.91 Å². The van der Waals surface area contributed by atoms with Crippen molar-refractivity contribution in [3.63, 3.8) is 0 Å². The van der Waals surface area contributed by atoms with Crippen LogP contribution in [0.5, 0.6) is 0 Å². The molecule has 88 valence electrons. The van der Waals surface area contributed by atoms with Crippen LogP contribution in [0.1, 0.15) is 29.5 Å². The van der Waals surface area contributed by atoms with Crippen molar-refractivity contribution in [3.05, 3.63) is 20.8 Å². The first-order valence-corrected chi connectivity index (χ1v) is 7.46. The van der Waals surface area contributed by atoms with Crippen LogP contribution in [-0.2, 0) is 4.79 Å². The smallest absolute Gasteiger partial charge is 0.246 e. The number of alkyl halides is 1. The number of likely N-dealkylation sites (tertiary alicyclic amines) is 1. The molecule has 1 saturated heterocycles. The molecule has 5 heteroatoms. The Morgan fingerprint density at radius 1 is 1.44 bits per heavy atom. The van der Waals surface area contributed by atoms with Crippen LogP contribution in [0.3, 0.4) is 0 Å². The van der Waals surface area contributed by atoms with Gasteiger partial charge in [-0.1, -0.05) is 0 Å². The number of rotatable bonds is 2. The van der Waals surface area contributed by atoms with Crippen molar-refractivity contribution in [1.82, 2.24) is 4.90 Å². The third kappa shape index (κ3) is 2.79. The summed E-state index contributed by atoms with van der Waals surface area (Å²) in [6.07, 6.45) is 3.42. The zero-order valence-electron chi connectivity index (χ0n) is 8.79. The fraction of sp³-hybridized carbons (Fsp3) is 0.545. The van der Waals surface area contributed by atoms with E-state index in [1.807, 2.05) is 16.3 Å². The monoisotopic (exact) mass is 321 g/mol. The Labute approximate surface area is 113 Å². The van der Waals surface area contributed by atoms with E-state index in [1.165, 1.54) is 17.8 Å². The number of hydrogen-bond acceptors (Lipinski definition) is 2. The van der Waals surface area contributed by atoms with Gasteiger partial charge in [0, 0.05) is 27.8 Å². The average molecular weight is 323 g/mol. The van der Waals surface area contributed by atoms with E-state index in [1.54, 1.807) is 0 Å². The van der Waals surface area contributed by atoms with Crippen molar-refractivity contribution >= 4 is 44.8 Å². The number of thiophene rings is 1. The van der Waals surface area contributed by atoms with Crippen molar-refractivity contribution in [1.29, 1.82) is 0 Å². The van der Waals surface area contributed by atoms with Crippen LogP contribution >= 0.6 is 38.9 Å². The van der Waals surface area contributed by atoms with Crippen LogP contribution in [0, 0.1) is 0 Å². The summed E-state index contributed by atoms with van der Waals surface area (Å²) in [6.45, 7) is 1.71. The quantitative estimate of drug-likeness (QED) is 0.758. The van der Waals surface area contributed by atoms with Crippen LogP contribution in [-0.4, -0.2) is 23.9 Å². The number of nitrogens with zero attached hydrogens (tertiary/aromatic N) is 1. The highest BCUT2D eigenvalue weighted by atomic mass is 79.9. The lowest BCUT2D eigenvalue weighted by Crippen LogP contribution is -2.37. The van der Waals surface area contributed by atoms with E-state index in [4.69, 9.17) is 11.6 Å². The Hall–Kier alpha value is -0.0600. The van der Waals surface area contributed by atoms with Crippen LogP contribution in [0.15, 0.2) is 15.9 Å². The summed E-state index contributed by atoms with van der Waals surface area (Å²) in [5.74, 6) is 0.0516. The Morgan fingerprint density at radius 3 is 2.69 bits per heavy atom. The first-order chi connectivity index (χ1) is 7.68. The van der Waals surface area contributed by atoms with Crippen molar-refractivity contribution in [3.8, 4) is 0 Å². The number of amides is 1. The Morgan fingerprint density at radius 2 is 2.12 bits per heavy atom. The summed E-state index contributed by atoms with van der Waals surface area (Å²) in [5.41, 5.74) is 0. The maximum atomic E-state index is 12.1. The molecule has 1 aromatic heterocycles. The van der Waals surface area contributed by atoms with Crippen molar-refractivity contribution < 1.29 is 4.79 Å². The number of carbonyl (C=O) groups excluding carboxylic acids is 1. The average Bonchev–Trinajstić information content (AvgIpc) is 2.75. The van der Waals surface area contributed by atoms with Gasteiger partial charge in [0.2, 0.25) is 5.91 Å². The summed E-state index contributed by atoms with van der Waals surface area (Å²) in [4.78, 5) is 14.9. The lowest BCUT2D eigenvalue weighted by atomic mass is 10.1. The highest BCUT2D eigenvalue weighted by Crippen LogP contribution is 2.31. The minimum Gasteiger partial charge on any atom is -0.341 e. The topological polar surface area (TPSA) is 20.3 Å². The van der Waals surface area contributed by atoms with E-state index in [9.17, 15) is 4.79 Å². The van der Waals surface area contributed by atoms with Gasteiger partial charge in [0.1, 0.15) is 5.38 Å². The largest absolute Gasteiger partial charge is 0.341 e. The second kappa shape index (κ2) is 5.52. The molecule has 0 spiro atoms. The van der Waals surface area contributed by atoms with Crippen LogP contribution in [0.25, 0.3) is 0 Å². The molecule has 1 aromatic rings. The molecule has 1 aliphatic rings. The minimum atomic E-state index is -0.519. The van der Waals surface area contributed by atoms with Crippen molar-refractivity contribution in [2.24, 2.45) is 0 Å². The molecule has 2 nitrogen and oxygen atoms in total. The van der Waals surface area contributed by atoms with Crippen LogP contribution < -0.4 is 0 Å². The second-order valence-electron chi connectivity index (χ2n) is 3.92. The molecular weight excluding hydrogens is 310 g/mol. The van der Waals surface area contributed by atoms with Gasteiger partial charge in [0.15, 0.2) is 0 Å². The molecule has 1 atom stereocenters. The lowest BCUT2D eigenvalue weighted by molar-refractivity contribution is -0.131. The highest BCUT2D eigenvalue weighted by molar-refractivity contribution is 9.10. The van der Waals surface area contributed by atoms with Gasteiger partial charge in [-0.3, -0.25) is 4.79 Å². The molecule has 0 aliphatic carbocycles. The highest BCUT2D eigenvalue weighted by Gasteiger charge is 2.25. The standard InChI is InChI=1S/C11H13BrClNOS/c12-8-6-9(16-7-8)10(13)11(15)14-4-2-1-3-5-14/h6-7,10H,1-5H2. The number of hydrogen-bond donors (Lipinski definition) is 0. The molecule has 0 radical (unpaired) electrons. The molecule has 0 N–H and O–H groups in total. The van der Waals surface area contributed by atoms with E-state index >= 15 is 0 Å². The maximum absolute atomic E-state index is 12.1. The number of piperidine rings is 1. The van der Waals surface area contributed by atoms with E-state index in [2.05, 4.69) is 15.9 Å². The number of carbonyl (C=O) groups is 1. The predicted molar refractivity (Wildman–Crippen MR) is 71.0 cm³/mol. The molecule has 1 amide bonds. The third-order valence-corrected chi connectivity index (χ3v) is 5.03. The molecule has 2 heterocycles. The fourth-order valence-corrected chi connectivity index (χ4v) is 3.62. The minimum absolute atomic E-state index is 0.0516. The zero-order chi connectivity index (χ0) is 11.5. The summed E-state index contributed by atoms with van der Waals surface area (Å²) >= 11 is 11.1. The molecule has 0 aromatic carbocycles. The third-order valence-electron chi connectivity index (χ3n) is 2.72. The number of halogens is 2. The van der Waals surface area contributed by atoms with Gasteiger partial charge in [-0.2, -0.15) is 0 Å². The fourth-order valence-electron chi connectivity index (χ4n) is 1.86. The molecule has 1 aliphatic heterocycles. The van der Waals surface area contributed by atoms with E-state index < -0.39 is 5.38 Å². The van der Waals surface area contributed by atoms with Gasteiger partial charge in [-0.15, -0.1) is 22.9 Å². The lowest BCUT2D eigenvalue weighted by Gasteiger charge is -2.28. The zero-order valence-corrected chi connectivity index (χ0v) is 11.9. The second-order valence-corrected chi connectivity index (χ2v) is 6.21. The maximum Gasteiger partial charge on any atom is 0.246 e. The molecule has 0 saturated carbocycles. The van der Waals surface area contributed by atoms with Gasteiger partial charge >= 0.3 is 0 Å². The first kappa shape index (κ1) is 12.4. The Balaban J connectivity index is 2.03. The summed E-state index contributed by atoms with van der Waals surface area (Å²) in [7, 11) is 0. The molecule has 1 unspecified atom stereocenters. The van der Waals surface area contributed by atoms with Crippen LogP contribution in [0.2, 0.25) is 0 Å². The van der Waals surface area contributed by atoms with Gasteiger partial charge < -0.3 is 4.90 Å². The summed E-state index contributed by atoms with van der Waals surface area (Å²) in [5, 5.41) is 1.43. The van der Waals surface area contributed by atoms with Gasteiger partial charge in [-0.25, -0.2) is 0 Å². The predicted octanol–water partition coefficient (Wildman–Crippen LogP) is 3.80. The van der Waals surface area contributed by atoms with Gasteiger partial charge in [-0.05, 0) is 41.3 Å². The normalized spacial score (nSPS) is 18.5. The molecule has 0 bridgehead atoms.